The average Bonchev–Trinajstić information content (AvgIpc) is 3.42. The van der Waals surface area contributed by atoms with Crippen LogP contribution in [0.1, 0.15) is 21.5 Å². The van der Waals surface area contributed by atoms with Crippen LogP contribution in [-0.2, 0) is 17.6 Å². The Morgan fingerprint density at radius 3 is 2.68 bits per heavy atom. The summed E-state index contributed by atoms with van der Waals surface area (Å²) in [6, 6.07) is 6.40. The van der Waals surface area contributed by atoms with Gasteiger partial charge in [-0.2, -0.15) is 0 Å². The van der Waals surface area contributed by atoms with E-state index in [0.717, 1.165) is 53.6 Å². The second-order valence-electron chi connectivity index (χ2n) is 8.80. The van der Waals surface area contributed by atoms with Gasteiger partial charge in [0, 0.05) is 67.6 Å². The molecule has 8 nitrogen and oxygen atoms in total. The molecule has 176 valence electrons. The minimum Gasteiger partial charge on any atom is -0.361 e. The van der Waals surface area contributed by atoms with E-state index in [2.05, 4.69) is 32.2 Å². The number of halogens is 1. The molecule has 1 aliphatic rings. The number of H-pyrrole nitrogens is 2. The zero-order chi connectivity index (χ0) is 23.7. The quantitative estimate of drug-likeness (QED) is 0.410. The van der Waals surface area contributed by atoms with Gasteiger partial charge in [0.1, 0.15) is 11.5 Å². The average molecular weight is 463 g/mol. The highest BCUT2D eigenvalue weighted by Crippen LogP contribution is 2.21. The van der Waals surface area contributed by atoms with Crippen LogP contribution >= 0.6 is 0 Å². The molecular formula is C25H27FN6O2. The molecular weight excluding hydrogens is 435 g/mol. The maximum atomic E-state index is 13.6. The van der Waals surface area contributed by atoms with Crippen LogP contribution in [0.5, 0.6) is 0 Å². The second-order valence-corrected chi connectivity index (χ2v) is 8.80. The van der Waals surface area contributed by atoms with Gasteiger partial charge in [0.15, 0.2) is 0 Å². The van der Waals surface area contributed by atoms with Gasteiger partial charge < -0.3 is 25.1 Å². The lowest BCUT2D eigenvalue weighted by molar-refractivity contribution is -0.132. The van der Waals surface area contributed by atoms with Crippen molar-refractivity contribution in [2.75, 3.05) is 39.8 Å². The van der Waals surface area contributed by atoms with Gasteiger partial charge in [-0.25, -0.2) is 9.37 Å². The molecule has 0 bridgehead atoms. The number of fused-ring (bicyclic) bond motifs is 2. The Kier molecular flexibility index (Phi) is 6.02. The summed E-state index contributed by atoms with van der Waals surface area (Å²) in [6.45, 7) is 3.61. The number of amides is 2. The number of pyridine rings is 1. The third kappa shape index (κ3) is 4.51. The molecule has 2 amide bonds. The SMILES string of the molecule is CN1CCN(C(=O)Cc2c[nH]c3ncc(C(=O)NCCc4c[nH]c5ccc(F)cc45)cc23)CC1. The molecule has 0 spiro atoms. The minimum atomic E-state index is -0.287. The van der Waals surface area contributed by atoms with Crippen LogP contribution in [0.3, 0.4) is 0 Å². The third-order valence-corrected chi connectivity index (χ3v) is 6.49. The molecule has 0 atom stereocenters. The van der Waals surface area contributed by atoms with Crippen LogP contribution in [0.4, 0.5) is 4.39 Å². The number of aromatic nitrogens is 3. The van der Waals surface area contributed by atoms with E-state index in [0.29, 0.717) is 24.2 Å². The summed E-state index contributed by atoms with van der Waals surface area (Å²) >= 11 is 0. The number of nitrogens with one attached hydrogen (secondary N) is 3. The molecule has 0 saturated carbocycles. The van der Waals surface area contributed by atoms with Crippen molar-refractivity contribution in [2.45, 2.75) is 12.8 Å². The van der Waals surface area contributed by atoms with Crippen molar-refractivity contribution in [3.63, 3.8) is 0 Å². The van der Waals surface area contributed by atoms with Crippen molar-refractivity contribution in [2.24, 2.45) is 0 Å². The highest BCUT2D eigenvalue weighted by Gasteiger charge is 2.21. The molecule has 0 aliphatic carbocycles. The molecule has 4 aromatic rings. The third-order valence-electron chi connectivity index (χ3n) is 6.49. The Balaban J connectivity index is 1.24. The van der Waals surface area contributed by atoms with Gasteiger partial charge >= 0.3 is 0 Å². The summed E-state index contributed by atoms with van der Waals surface area (Å²) in [7, 11) is 2.06. The molecule has 1 fully saturated rings. The summed E-state index contributed by atoms with van der Waals surface area (Å²) in [5, 5.41) is 4.51. The highest BCUT2D eigenvalue weighted by atomic mass is 19.1. The van der Waals surface area contributed by atoms with E-state index in [9.17, 15) is 14.0 Å². The van der Waals surface area contributed by atoms with Crippen LogP contribution in [0.2, 0.25) is 0 Å². The number of rotatable bonds is 6. The van der Waals surface area contributed by atoms with E-state index in [1.54, 1.807) is 18.3 Å². The summed E-state index contributed by atoms with van der Waals surface area (Å²) in [6.07, 6.45) is 6.01. The fourth-order valence-corrected chi connectivity index (χ4v) is 4.43. The smallest absolute Gasteiger partial charge is 0.252 e. The zero-order valence-electron chi connectivity index (χ0n) is 19.0. The van der Waals surface area contributed by atoms with Gasteiger partial charge in [0.25, 0.3) is 5.91 Å². The molecule has 0 radical (unpaired) electrons. The molecule has 1 aromatic carbocycles. The Hall–Kier alpha value is -3.72. The molecule has 1 saturated heterocycles. The number of likely N-dealkylation sites (N-methyl/N-ethyl adjacent to an activating group) is 1. The molecule has 3 N–H and O–H groups in total. The van der Waals surface area contributed by atoms with Crippen LogP contribution in [0.25, 0.3) is 21.9 Å². The van der Waals surface area contributed by atoms with E-state index in [1.165, 1.54) is 18.3 Å². The maximum absolute atomic E-state index is 13.6. The van der Waals surface area contributed by atoms with Crippen LogP contribution in [-0.4, -0.2) is 76.3 Å². The van der Waals surface area contributed by atoms with Crippen molar-refractivity contribution < 1.29 is 14.0 Å². The largest absolute Gasteiger partial charge is 0.361 e. The number of nitrogens with zero attached hydrogens (tertiary/aromatic N) is 3. The predicted molar refractivity (Wildman–Crippen MR) is 128 cm³/mol. The fraction of sp³-hybridized carbons (Fsp3) is 0.320. The van der Waals surface area contributed by atoms with Crippen LogP contribution < -0.4 is 5.32 Å². The van der Waals surface area contributed by atoms with E-state index in [-0.39, 0.29) is 24.1 Å². The zero-order valence-corrected chi connectivity index (χ0v) is 19.0. The normalized spacial score (nSPS) is 14.7. The van der Waals surface area contributed by atoms with Crippen molar-refractivity contribution in [3.05, 3.63) is 65.4 Å². The van der Waals surface area contributed by atoms with E-state index >= 15 is 0 Å². The van der Waals surface area contributed by atoms with Crippen molar-refractivity contribution in [1.82, 2.24) is 30.1 Å². The topological polar surface area (TPSA) is 97.1 Å². The van der Waals surface area contributed by atoms with E-state index < -0.39 is 0 Å². The predicted octanol–water partition coefficient (Wildman–Crippen LogP) is 2.47. The van der Waals surface area contributed by atoms with Crippen molar-refractivity contribution in [1.29, 1.82) is 0 Å². The number of aromatic amines is 2. The number of carbonyl (C=O) groups excluding carboxylic acids is 2. The standard InChI is InChI=1S/C25H27FN6O2/c1-31-6-8-32(9-7-31)23(33)11-17-14-29-24-21(17)10-18(15-30-24)25(34)27-5-4-16-13-28-22-3-2-19(26)12-20(16)22/h2-3,10,12-15,28H,4-9,11H2,1H3,(H,27,34)(H,29,30). The minimum absolute atomic E-state index is 0.0824. The second kappa shape index (κ2) is 9.26. The van der Waals surface area contributed by atoms with Gasteiger partial charge in [0.05, 0.1) is 12.0 Å². The number of hydrogen-bond donors (Lipinski definition) is 3. The number of piperazine rings is 1. The first-order chi connectivity index (χ1) is 16.5. The van der Waals surface area contributed by atoms with Gasteiger partial charge in [-0.05, 0) is 48.9 Å². The van der Waals surface area contributed by atoms with Gasteiger partial charge in [-0.1, -0.05) is 0 Å². The Morgan fingerprint density at radius 2 is 1.85 bits per heavy atom. The monoisotopic (exact) mass is 462 g/mol. The first kappa shape index (κ1) is 22.1. The highest BCUT2D eigenvalue weighted by molar-refractivity contribution is 5.98. The molecule has 5 rings (SSSR count). The lowest BCUT2D eigenvalue weighted by Gasteiger charge is -2.32. The maximum Gasteiger partial charge on any atom is 0.252 e. The number of hydrogen-bond acceptors (Lipinski definition) is 4. The Bertz CT molecular complexity index is 1350. The van der Waals surface area contributed by atoms with Gasteiger partial charge in [-0.3, -0.25) is 9.59 Å². The summed E-state index contributed by atoms with van der Waals surface area (Å²) in [5.74, 6) is -0.442. The Morgan fingerprint density at radius 1 is 1.06 bits per heavy atom. The first-order valence-electron chi connectivity index (χ1n) is 11.4. The molecule has 0 unspecified atom stereocenters. The van der Waals surface area contributed by atoms with Crippen molar-refractivity contribution >= 4 is 33.8 Å². The summed E-state index contributed by atoms with van der Waals surface area (Å²) in [5.41, 5.74) is 3.73. The van der Waals surface area contributed by atoms with Crippen LogP contribution in [0, 0.1) is 5.82 Å². The van der Waals surface area contributed by atoms with E-state index in [4.69, 9.17) is 0 Å². The molecule has 9 heteroatoms. The molecule has 4 heterocycles. The van der Waals surface area contributed by atoms with E-state index in [1.807, 2.05) is 11.1 Å². The summed E-state index contributed by atoms with van der Waals surface area (Å²) < 4.78 is 13.6. The lowest BCUT2D eigenvalue weighted by Crippen LogP contribution is -2.47. The Labute approximate surface area is 196 Å². The van der Waals surface area contributed by atoms with Crippen LogP contribution in [0.15, 0.2) is 42.9 Å². The lowest BCUT2D eigenvalue weighted by atomic mass is 10.1. The first-order valence-corrected chi connectivity index (χ1v) is 11.4. The van der Waals surface area contributed by atoms with Gasteiger partial charge in [0.2, 0.25) is 5.91 Å². The van der Waals surface area contributed by atoms with Crippen molar-refractivity contribution in [3.8, 4) is 0 Å². The number of benzene rings is 1. The fourth-order valence-electron chi connectivity index (χ4n) is 4.43. The molecule has 3 aromatic heterocycles. The summed E-state index contributed by atoms with van der Waals surface area (Å²) in [4.78, 5) is 40.2. The molecule has 34 heavy (non-hydrogen) atoms. The molecule has 1 aliphatic heterocycles. The van der Waals surface area contributed by atoms with Gasteiger partial charge in [-0.15, -0.1) is 0 Å². The number of carbonyl (C=O) groups is 2.